The van der Waals surface area contributed by atoms with Crippen molar-refractivity contribution in [3.63, 3.8) is 0 Å². The molecule has 108 valence electrons. The SMILES string of the molecule is CCC1Oc2ccc(N)nc2N(Cc2ccccc2)C1=O. The van der Waals surface area contributed by atoms with Gasteiger partial charge in [-0.15, -0.1) is 0 Å². The van der Waals surface area contributed by atoms with Crippen molar-refractivity contribution in [2.45, 2.75) is 26.0 Å². The Morgan fingerprint density at radius 3 is 2.71 bits per heavy atom. The van der Waals surface area contributed by atoms with E-state index < -0.39 is 6.10 Å². The van der Waals surface area contributed by atoms with E-state index in [1.165, 1.54) is 0 Å². The van der Waals surface area contributed by atoms with Crippen molar-refractivity contribution in [3.05, 3.63) is 48.0 Å². The van der Waals surface area contributed by atoms with Gasteiger partial charge < -0.3 is 10.5 Å². The van der Waals surface area contributed by atoms with E-state index in [9.17, 15) is 4.79 Å². The van der Waals surface area contributed by atoms with Gasteiger partial charge in [0.25, 0.3) is 5.91 Å². The predicted molar refractivity (Wildman–Crippen MR) is 81.0 cm³/mol. The first-order valence-corrected chi connectivity index (χ1v) is 6.97. The lowest BCUT2D eigenvalue weighted by molar-refractivity contribution is -0.126. The lowest BCUT2D eigenvalue weighted by Gasteiger charge is -2.33. The standard InChI is InChI=1S/C16H17N3O2/c1-2-12-16(20)19(10-11-6-4-3-5-7-11)15-13(21-12)8-9-14(17)18-15/h3-9,12H,2,10H2,1H3,(H2,17,18). The zero-order valence-corrected chi connectivity index (χ0v) is 11.8. The first-order chi connectivity index (χ1) is 10.2. The van der Waals surface area contributed by atoms with Crippen molar-refractivity contribution in [3.8, 4) is 5.75 Å². The third-order valence-corrected chi connectivity index (χ3v) is 3.48. The second kappa shape index (κ2) is 5.44. The lowest BCUT2D eigenvalue weighted by Crippen LogP contribution is -2.45. The monoisotopic (exact) mass is 283 g/mol. The van der Waals surface area contributed by atoms with Crippen LogP contribution in [0.15, 0.2) is 42.5 Å². The summed E-state index contributed by atoms with van der Waals surface area (Å²) in [6, 6.07) is 13.3. The molecule has 3 rings (SSSR count). The van der Waals surface area contributed by atoms with Gasteiger partial charge in [0.1, 0.15) is 5.82 Å². The van der Waals surface area contributed by atoms with Gasteiger partial charge in [-0.25, -0.2) is 4.98 Å². The molecule has 1 unspecified atom stereocenters. The molecule has 0 spiro atoms. The molecule has 0 aliphatic carbocycles. The van der Waals surface area contributed by atoms with Crippen molar-refractivity contribution < 1.29 is 9.53 Å². The Morgan fingerprint density at radius 1 is 1.24 bits per heavy atom. The summed E-state index contributed by atoms with van der Waals surface area (Å²) < 4.78 is 5.71. The minimum Gasteiger partial charge on any atom is -0.477 e. The number of hydrogen-bond acceptors (Lipinski definition) is 4. The Balaban J connectivity index is 2.00. The van der Waals surface area contributed by atoms with Crippen LogP contribution in [0.5, 0.6) is 5.75 Å². The number of carbonyl (C=O) groups excluding carboxylic acids is 1. The molecule has 1 aromatic carbocycles. The Morgan fingerprint density at radius 2 is 2.00 bits per heavy atom. The minimum absolute atomic E-state index is 0.0769. The highest BCUT2D eigenvalue weighted by Crippen LogP contribution is 2.34. The molecule has 2 heterocycles. The van der Waals surface area contributed by atoms with Gasteiger partial charge in [0.05, 0.1) is 6.54 Å². The number of rotatable bonds is 3. The van der Waals surface area contributed by atoms with E-state index in [-0.39, 0.29) is 5.91 Å². The molecule has 2 N–H and O–H groups in total. The molecule has 5 nitrogen and oxygen atoms in total. The van der Waals surface area contributed by atoms with Crippen molar-refractivity contribution in [2.75, 3.05) is 10.6 Å². The van der Waals surface area contributed by atoms with Gasteiger partial charge in [0, 0.05) is 0 Å². The van der Waals surface area contributed by atoms with Crippen molar-refractivity contribution >= 4 is 17.5 Å². The molecule has 0 fully saturated rings. The van der Waals surface area contributed by atoms with Crippen LogP contribution in [-0.4, -0.2) is 17.0 Å². The Bertz CT molecular complexity index is 658. The molecule has 1 atom stereocenters. The Hall–Kier alpha value is -2.56. The normalized spacial score (nSPS) is 17.3. The molecular weight excluding hydrogens is 266 g/mol. The van der Waals surface area contributed by atoms with Crippen LogP contribution >= 0.6 is 0 Å². The third-order valence-electron chi connectivity index (χ3n) is 3.48. The second-order valence-electron chi connectivity index (χ2n) is 4.98. The maximum Gasteiger partial charge on any atom is 0.269 e. The second-order valence-corrected chi connectivity index (χ2v) is 4.98. The van der Waals surface area contributed by atoms with Crippen LogP contribution in [-0.2, 0) is 11.3 Å². The smallest absolute Gasteiger partial charge is 0.269 e. The average Bonchev–Trinajstić information content (AvgIpc) is 2.51. The van der Waals surface area contributed by atoms with E-state index in [0.29, 0.717) is 30.4 Å². The van der Waals surface area contributed by atoms with Gasteiger partial charge in [-0.3, -0.25) is 9.69 Å². The van der Waals surface area contributed by atoms with Gasteiger partial charge in [-0.2, -0.15) is 0 Å². The van der Waals surface area contributed by atoms with Crippen LogP contribution in [0.25, 0.3) is 0 Å². The van der Waals surface area contributed by atoms with Gasteiger partial charge >= 0.3 is 0 Å². The number of anilines is 2. The summed E-state index contributed by atoms with van der Waals surface area (Å²) in [6.45, 7) is 2.39. The molecular formula is C16H17N3O2. The number of amides is 1. The highest BCUT2D eigenvalue weighted by atomic mass is 16.5. The molecule has 5 heteroatoms. The number of pyridine rings is 1. The molecule has 2 aromatic rings. The van der Waals surface area contributed by atoms with Crippen LogP contribution in [0.3, 0.4) is 0 Å². The molecule has 0 radical (unpaired) electrons. The summed E-state index contributed by atoms with van der Waals surface area (Å²) in [7, 11) is 0. The van der Waals surface area contributed by atoms with E-state index in [4.69, 9.17) is 10.5 Å². The zero-order chi connectivity index (χ0) is 14.8. The summed E-state index contributed by atoms with van der Waals surface area (Å²) in [4.78, 5) is 18.5. The highest BCUT2D eigenvalue weighted by molar-refractivity contribution is 5.99. The van der Waals surface area contributed by atoms with Crippen molar-refractivity contribution in [2.24, 2.45) is 0 Å². The van der Waals surface area contributed by atoms with Gasteiger partial charge in [-0.05, 0) is 24.1 Å². The zero-order valence-electron chi connectivity index (χ0n) is 11.8. The van der Waals surface area contributed by atoms with Crippen LogP contribution < -0.4 is 15.4 Å². The fourth-order valence-electron chi connectivity index (χ4n) is 2.39. The summed E-state index contributed by atoms with van der Waals surface area (Å²) in [5.74, 6) is 1.39. The number of benzene rings is 1. The van der Waals surface area contributed by atoms with Crippen LogP contribution in [0, 0.1) is 0 Å². The van der Waals surface area contributed by atoms with Crippen molar-refractivity contribution in [1.82, 2.24) is 4.98 Å². The number of ether oxygens (including phenoxy) is 1. The molecule has 0 saturated carbocycles. The highest BCUT2D eigenvalue weighted by Gasteiger charge is 2.34. The number of nitrogen functional groups attached to an aromatic ring is 1. The Labute approximate surface area is 123 Å². The van der Waals surface area contributed by atoms with Crippen LogP contribution in [0.2, 0.25) is 0 Å². The molecule has 1 amide bonds. The predicted octanol–water partition coefficient (Wildman–Crippen LogP) is 2.37. The fourth-order valence-corrected chi connectivity index (χ4v) is 2.39. The first kappa shape index (κ1) is 13.4. The van der Waals surface area contributed by atoms with Gasteiger partial charge in [-0.1, -0.05) is 37.3 Å². The number of hydrogen-bond donors (Lipinski definition) is 1. The van der Waals surface area contributed by atoms with E-state index in [1.807, 2.05) is 37.3 Å². The molecule has 1 aliphatic rings. The molecule has 1 aromatic heterocycles. The van der Waals surface area contributed by atoms with Gasteiger partial charge in [0.2, 0.25) is 0 Å². The third kappa shape index (κ3) is 2.54. The largest absolute Gasteiger partial charge is 0.477 e. The maximum absolute atomic E-state index is 12.6. The number of nitrogens with two attached hydrogens (primary N) is 1. The molecule has 0 bridgehead atoms. The Kier molecular flexibility index (Phi) is 3.48. The average molecular weight is 283 g/mol. The fraction of sp³-hybridized carbons (Fsp3) is 0.250. The van der Waals surface area contributed by atoms with E-state index in [0.717, 1.165) is 5.56 Å². The van der Waals surface area contributed by atoms with Crippen LogP contribution in [0.4, 0.5) is 11.6 Å². The number of aromatic nitrogens is 1. The summed E-state index contributed by atoms with van der Waals surface area (Å²) >= 11 is 0. The quantitative estimate of drug-likeness (QED) is 0.939. The molecule has 0 saturated heterocycles. The number of carbonyl (C=O) groups is 1. The van der Waals surface area contributed by atoms with E-state index >= 15 is 0 Å². The van der Waals surface area contributed by atoms with Crippen LogP contribution in [0.1, 0.15) is 18.9 Å². The summed E-state index contributed by atoms with van der Waals surface area (Å²) in [5, 5.41) is 0. The maximum atomic E-state index is 12.6. The molecule has 21 heavy (non-hydrogen) atoms. The number of fused-ring (bicyclic) bond motifs is 1. The van der Waals surface area contributed by atoms with E-state index in [1.54, 1.807) is 17.0 Å². The topological polar surface area (TPSA) is 68.5 Å². The summed E-state index contributed by atoms with van der Waals surface area (Å²) in [5.41, 5.74) is 6.79. The van der Waals surface area contributed by atoms with E-state index in [2.05, 4.69) is 4.98 Å². The number of nitrogens with zero attached hydrogens (tertiary/aromatic N) is 2. The van der Waals surface area contributed by atoms with Gasteiger partial charge in [0.15, 0.2) is 17.7 Å². The van der Waals surface area contributed by atoms with Crippen molar-refractivity contribution in [1.29, 1.82) is 0 Å². The lowest BCUT2D eigenvalue weighted by atomic mass is 10.1. The first-order valence-electron chi connectivity index (χ1n) is 6.97. The summed E-state index contributed by atoms with van der Waals surface area (Å²) in [6.07, 6.45) is 0.153. The minimum atomic E-state index is -0.466. The molecule has 1 aliphatic heterocycles.